The van der Waals surface area contributed by atoms with E-state index in [1.165, 1.54) is 6.92 Å². The van der Waals surface area contributed by atoms with Crippen molar-refractivity contribution in [2.24, 2.45) is 11.3 Å². The van der Waals surface area contributed by atoms with Gasteiger partial charge in [-0.2, -0.15) is 0 Å². The lowest BCUT2D eigenvalue weighted by atomic mass is 9.68. The van der Waals surface area contributed by atoms with Crippen molar-refractivity contribution in [2.75, 3.05) is 0 Å². The lowest BCUT2D eigenvalue weighted by Crippen LogP contribution is -2.30. The van der Waals surface area contributed by atoms with Crippen LogP contribution in [-0.4, -0.2) is 17.9 Å². The first kappa shape index (κ1) is 14.7. The van der Waals surface area contributed by atoms with Crippen LogP contribution in [0, 0.1) is 11.3 Å². The zero-order chi connectivity index (χ0) is 13.9. The summed E-state index contributed by atoms with van der Waals surface area (Å²) in [5.74, 6) is 0.126. The summed E-state index contributed by atoms with van der Waals surface area (Å²) < 4.78 is 5.05. The maximum atomic E-state index is 11.5. The van der Waals surface area contributed by atoms with E-state index in [1.54, 1.807) is 6.08 Å². The Morgan fingerprint density at radius 1 is 1.56 bits per heavy atom. The predicted molar refractivity (Wildman–Crippen MR) is 71.0 cm³/mol. The van der Waals surface area contributed by atoms with Crippen LogP contribution in [0.2, 0.25) is 0 Å². The third kappa shape index (κ3) is 3.83. The zero-order valence-electron chi connectivity index (χ0n) is 11.8. The van der Waals surface area contributed by atoms with Crippen LogP contribution in [0.15, 0.2) is 23.8 Å². The van der Waals surface area contributed by atoms with Gasteiger partial charge in [-0.05, 0) is 31.4 Å². The fraction of sp³-hybridized carbons (Fsp3) is 0.600. The van der Waals surface area contributed by atoms with Crippen molar-refractivity contribution in [1.29, 1.82) is 0 Å². The number of allylic oxidation sites excluding steroid dienone is 3. The Labute approximate surface area is 109 Å². The van der Waals surface area contributed by atoms with E-state index in [0.717, 1.165) is 5.57 Å². The van der Waals surface area contributed by atoms with Crippen LogP contribution in [0.1, 0.15) is 41.0 Å². The molecular weight excluding hydrogens is 228 g/mol. The minimum atomic E-state index is -0.280. The van der Waals surface area contributed by atoms with Gasteiger partial charge in [0.2, 0.25) is 0 Å². The van der Waals surface area contributed by atoms with Crippen LogP contribution >= 0.6 is 0 Å². The van der Waals surface area contributed by atoms with Crippen molar-refractivity contribution in [3.63, 3.8) is 0 Å². The van der Waals surface area contributed by atoms with Crippen molar-refractivity contribution in [3.05, 3.63) is 23.8 Å². The Bertz CT molecular complexity index is 402. The Balaban J connectivity index is 2.81. The first-order chi connectivity index (χ1) is 8.22. The number of rotatable bonds is 3. The average Bonchev–Trinajstić information content (AvgIpc) is 2.12. The number of hydrogen-bond donors (Lipinski definition) is 0. The van der Waals surface area contributed by atoms with Gasteiger partial charge in [-0.1, -0.05) is 25.5 Å². The highest BCUT2D eigenvalue weighted by atomic mass is 16.5. The Morgan fingerprint density at radius 2 is 2.17 bits per heavy atom. The molecule has 1 aliphatic rings. The van der Waals surface area contributed by atoms with E-state index in [-0.39, 0.29) is 29.2 Å². The van der Waals surface area contributed by atoms with Gasteiger partial charge in [0.15, 0.2) is 5.78 Å². The van der Waals surface area contributed by atoms with E-state index in [0.29, 0.717) is 6.42 Å². The van der Waals surface area contributed by atoms with Crippen molar-refractivity contribution in [2.45, 2.75) is 47.1 Å². The minimum absolute atomic E-state index is 0.0810. The van der Waals surface area contributed by atoms with E-state index in [1.807, 2.05) is 26.0 Å². The van der Waals surface area contributed by atoms with Crippen molar-refractivity contribution < 1.29 is 14.3 Å². The number of ether oxygens (including phenoxy) is 1. The molecule has 2 unspecified atom stereocenters. The van der Waals surface area contributed by atoms with Gasteiger partial charge in [-0.25, -0.2) is 0 Å². The Kier molecular flexibility index (Phi) is 4.49. The molecule has 0 saturated carbocycles. The number of ketones is 1. The quantitative estimate of drug-likeness (QED) is 0.571. The molecular formula is C15H22O3. The molecule has 0 bridgehead atoms. The maximum Gasteiger partial charge on any atom is 0.303 e. The van der Waals surface area contributed by atoms with E-state index in [4.69, 9.17) is 4.74 Å². The molecule has 0 heterocycles. The Morgan fingerprint density at radius 3 is 2.67 bits per heavy atom. The van der Waals surface area contributed by atoms with Crippen molar-refractivity contribution >= 4 is 11.8 Å². The second-order valence-electron chi connectivity index (χ2n) is 5.70. The van der Waals surface area contributed by atoms with Gasteiger partial charge < -0.3 is 4.74 Å². The lowest BCUT2D eigenvalue weighted by Gasteiger charge is -2.36. The van der Waals surface area contributed by atoms with Gasteiger partial charge in [-0.3, -0.25) is 9.59 Å². The number of carbonyl (C=O) groups excluding carboxylic acids is 2. The average molecular weight is 250 g/mol. The highest BCUT2D eigenvalue weighted by Crippen LogP contribution is 2.40. The highest BCUT2D eigenvalue weighted by molar-refractivity contribution is 5.92. The second kappa shape index (κ2) is 5.51. The van der Waals surface area contributed by atoms with Gasteiger partial charge >= 0.3 is 5.97 Å². The molecule has 1 aliphatic carbocycles. The molecule has 3 heteroatoms. The fourth-order valence-corrected chi connectivity index (χ4v) is 2.55. The molecule has 0 fully saturated rings. The molecule has 0 aromatic carbocycles. The van der Waals surface area contributed by atoms with Gasteiger partial charge in [0.1, 0.15) is 6.10 Å². The van der Waals surface area contributed by atoms with Crippen LogP contribution in [0.4, 0.5) is 0 Å². The van der Waals surface area contributed by atoms with E-state index in [2.05, 4.69) is 13.8 Å². The summed E-state index contributed by atoms with van der Waals surface area (Å²) in [7, 11) is 0. The molecule has 0 spiro atoms. The maximum absolute atomic E-state index is 11.5. The molecule has 2 atom stereocenters. The van der Waals surface area contributed by atoms with Crippen LogP contribution < -0.4 is 0 Å². The first-order valence-corrected chi connectivity index (χ1v) is 6.29. The number of esters is 1. The largest absolute Gasteiger partial charge is 0.459 e. The summed E-state index contributed by atoms with van der Waals surface area (Å²) in [5, 5.41) is 0. The highest BCUT2D eigenvalue weighted by Gasteiger charge is 2.34. The van der Waals surface area contributed by atoms with Crippen LogP contribution in [-0.2, 0) is 14.3 Å². The standard InChI is InChI=1S/C15H22O3/c1-10-8-13(17)9-15(4,5)14(10)7-6-11(2)18-12(3)16/h6-8,11,14H,9H2,1-5H3/b7-6+. The smallest absolute Gasteiger partial charge is 0.303 e. The molecule has 0 N–H and O–H groups in total. The molecule has 0 aromatic rings. The van der Waals surface area contributed by atoms with Crippen LogP contribution in [0.5, 0.6) is 0 Å². The van der Waals surface area contributed by atoms with Crippen molar-refractivity contribution in [3.8, 4) is 0 Å². The monoisotopic (exact) mass is 250 g/mol. The van der Waals surface area contributed by atoms with Crippen LogP contribution in [0.25, 0.3) is 0 Å². The first-order valence-electron chi connectivity index (χ1n) is 6.29. The molecule has 0 aliphatic heterocycles. The second-order valence-corrected chi connectivity index (χ2v) is 5.70. The normalized spacial score (nSPS) is 24.8. The summed E-state index contributed by atoms with van der Waals surface area (Å²) >= 11 is 0. The van der Waals surface area contributed by atoms with Gasteiger partial charge in [0.05, 0.1) is 0 Å². The number of hydrogen-bond acceptors (Lipinski definition) is 3. The summed E-state index contributed by atoms with van der Waals surface area (Å²) in [6.45, 7) is 9.39. The molecule has 0 radical (unpaired) electrons. The molecule has 1 rings (SSSR count). The predicted octanol–water partition coefficient (Wildman–Crippen LogP) is 3.06. The fourth-order valence-electron chi connectivity index (χ4n) is 2.55. The summed E-state index contributed by atoms with van der Waals surface area (Å²) in [6, 6.07) is 0. The molecule has 0 aromatic heterocycles. The van der Waals surface area contributed by atoms with E-state index < -0.39 is 0 Å². The third-order valence-corrected chi connectivity index (χ3v) is 3.28. The van der Waals surface area contributed by atoms with Gasteiger partial charge in [0.25, 0.3) is 0 Å². The van der Waals surface area contributed by atoms with Crippen LogP contribution in [0.3, 0.4) is 0 Å². The van der Waals surface area contributed by atoms with E-state index in [9.17, 15) is 9.59 Å². The molecule has 3 nitrogen and oxygen atoms in total. The summed E-state index contributed by atoms with van der Waals surface area (Å²) in [6.07, 6.45) is 5.98. The molecule has 0 saturated heterocycles. The molecule has 100 valence electrons. The van der Waals surface area contributed by atoms with Gasteiger partial charge in [-0.15, -0.1) is 0 Å². The van der Waals surface area contributed by atoms with Crippen molar-refractivity contribution in [1.82, 2.24) is 0 Å². The molecule has 18 heavy (non-hydrogen) atoms. The van der Waals surface area contributed by atoms with Gasteiger partial charge in [0, 0.05) is 19.3 Å². The minimum Gasteiger partial charge on any atom is -0.459 e. The Hall–Kier alpha value is -1.38. The zero-order valence-corrected chi connectivity index (χ0v) is 11.8. The topological polar surface area (TPSA) is 43.4 Å². The summed E-state index contributed by atoms with van der Waals surface area (Å²) in [4.78, 5) is 22.4. The third-order valence-electron chi connectivity index (χ3n) is 3.28. The number of carbonyl (C=O) groups is 2. The molecule has 0 amide bonds. The lowest BCUT2D eigenvalue weighted by molar-refractivity contribution is -0.143. The van der Waals surface area contributed by atoms with E-state index >= 15 is 0 Å². The summed E-state index contributed by atoms with van der Waals surface area (Å²) in [5.41, 5.74) is 0.991. The SMILES string of the molecule is CC(=O)OC(C)/C=C/C1C(C)=CC(=O)CC1(C)C.